The minimum absolute atomic E-state index is 0.270. The van der Waals surface area contributed by atoms with E-state index in [1.807, 2.05) is 36.8 Å². The van der Waals surface area contributed by atoms with Crippen LogP contribution in [0.1, 0.15) is 10.4 Å². The Balaban J connectivity index is 1.95. The summed E-state index contributed by atoms with van der Waals surface area (Å²) in [7, 11) is 3.35. The fraction of sp³-hybridized carbons (Fsp3) is 0.190. The van der Waals surface area contributed by atoms with E-state index in [9.17, 15) is 4.79 Å². The van der Waals surface area contributed by atoms with E-state index in [-0.39, 0.29) is 5.91 Å². The first-order valence-corrected chi connectivity index (χ1v) is 11.3. The maximum Gasteiger partial charge on any atom is 0.262 e. The van der Waals surface area contributed by atoms with Gasteiger partial charge in [0.25, 0.3) is 5.91 Å². The minimum Gasteiger partial charge on any atom is -0.497 e. The predicted octanol–water partition coefficient (Wildman–Crippen LogP) is 4.89. The maximum absolute atomic E-state index is 13.0. The van der Waals surface area contributed by atoms with Crippen molar-refractivity contribution in [2.24, 2.45) is 0 Å². The largest absolute Gasteiger partial charge is 0.497 e. The van der Waals surface area contributed by atoms with E-state index >= 15 is 0 Å². The molecule has 0 radical (unpaired) electrons. The smallest absolute Gasteiger partial charge is 0.262 e. The van der Waals surface area contributed by atoms with Crippen molar-refractivity contribution in [3.8, 4) is 17.1 Å². The monoisotopic (exact) mass is 426 g/mol. The van der Waals surface area contributed by atoms with Crippen LogP contribution in [0.4, 0.5) is 11.5 Å². The van der Waals surface area contributed by atoms with Gasteiger partial charge in [-0.3, -0.25) is 4.79 Å². The highest BCUT2D eigenvalue weighted by Gasteiger charge is 2.21. The summed E-state index contributed by atoms with van der Waals surface area (Å²) >= 11 is 3.09. The highest BCUT2D eigenvalue weighted by atomic mass is 32.2. The molecule has 0 aliphatic heterocycles. The number of rotatable bonds is 7. The van der Waals surface area contributed by atoms with E-state index in [1.54, 1.807) is 50.2 Å². The number of carbonyl (C=O) groups excluding carboxylic acids is 1. The van der Waals surface area contributed by atoms with Gasteiger partial charge in [0.05, 0.1) is 7.11 Å². The topological polar surface area (TPSA) is 76.1 Å². The van der Waals surface area contributed by atoms with Crippen LogP contribution in [0.5, 0.6) is 5.75 Å². The van der Waals surface area contributed by atoms with Crippen LogP contribution >= 0.6 is 23.5 Å². The van der Waals surface area contributed by atoms with Crippen LogP contribution in [-0.2, 0) is 0 Å². The van der Waals surface area contributed by atoms with Crippen LogP contribution in [0.25, 0.3) is 11.4 Å². The number of hydrogen-bond acceptors (Lipinski definition) is 7. The number of amides is 1. The summed E-state index contributed by atoms with van der Waals surface area (Å²) in [5.74, 6) is 1.52. The molecule has 0 unspecified atom stereocenters. The summed E-state index contributed by atoms with van der Waals surface area (Å²) in [5, 5.41) is 6.55. The van der Waals surface area contributed by atoms with Gasteiger partial charge in [-0.25, -0.2) is 9.97 Å². The fourth-order valence-corrected chi connectivity index (χ4v) is 3.69. The molecule has 1 aromatic heterocycles. The molecule has 0 spiro atoms. The van der Waals surface area contributed by atoms with Gasteiger partial charge >= 0.3 is 0 Å². The van der Waals surface area contributed by atoms with Crippen molar-refractivity contribution >= 4 is 40.9 Å². The highest BCUT2D eigenvalue weighted by molar-refractivity contribution is 7.98. The molecule has 150 valence electrons. The molecule has 3 aromatic rings. The van der Waals surface area contributed by atoms with Gasteiger partial charge in [-0.05, 0) is 48.9 Å². The fourth-order valence-electron chi connectivity index (χ4n) is 2.71. The van der Waals surface area contributed by atoms with Crippen molar-refractivity contribution in [3.63, 3.8) is 0 Å². The number of benzene rings is 2. The molecule has 3 rings (SSSR count). The molecule has 2 N–H and O–H groups in total. The van der Waals surface area contributed by atoms with Gasteiger partial charge in [-0.1, -0.05) is 12.1 Å². The molecular weight excluding hydrogens is 404 g/mol. The molecule has 0 aliphatic rings. The lowest BCUT2D eigenvalue weighted by Crippen LogP contribution is -2.17. The van der Waals surface area contributed by atoms with E-state index in [2.05, 4.69) is 20.6 Å². The molecule has 1 heterocycles. The Hall–Kier alpha value is -2.71. The summed E-state index contributed by atoms with van der Waals surface area (Å²) < 4.78 is 5.15. The third-order valence-corrected chi connectivity index (χ3v) is 5.65. The number of anilines is 2. The summed E-state index contributed by atoms with van der Waals surface area (Å²) in [6.45, 7) is 0. The number of aromatic nitrogens is 2. The molecule has 6 nitrogen and oxygen atoms in total. The second kappa shape index (κ2) is 9.67. The van der Waals surface area contributed by atoms with E-state index in [1.165, 1.54) is 16.7 Å². The third kappa shape index (κ3) is 4.83. The van der Waals surface area contributed by atoms with Crippen molar-refractivity contribution in [3.05, 3.63) is 54.1 Å². The minimum atomic E-state index is -0.270. The Kier molecular flexibility index (Phi) is 7.00. The molecule has 2 aromatic carbocycles. The lowest BCUT2D eigenvalue weighted by atomic mass is 10.2. The van der Waals surface area contributed by atoms with Gasteiger partial charge in [-0.15, -0.1) is 23.5 Å². The van der Waals surface area contributed by atoms with Crippen LogP contribution in [0.2, 0.25) is 0 Å². The molecule has 0 aliphatic carbocycles. The van der Waals surface area contributed by atoms with Crippen molar-refractivity contribution in [1.82, 2.24) is 9.97 Å². The molecule has 0 saturated heterocycles. The van der Waals surface area contributed by atoms with Crippen LogP contribution in [0.3, 0.4) is 0 Å². The lowest BCUT2D eigenvalue weighted by molar-refractivity contribution is 0.102. The third-order valence-electron chi connectivity index (χ3n) is 4.23. The van der Waals surface area contributed by atoms with Crippen LogP contribution < -0.4 is 15.4 Å². The number of nitrogens with one attached hydrogen (secondary N) is 2. The predicted molar refractivity (Wildman–Crippen MR) is 122 cm³/mol. The summed E-state index contributed by atoms with van der Waals surface area (Å²) in [6.07, 6.45) is 3.93. The first kappa shape index (κ1) is 21.0. The first-order chi connectivity index (χ1) is 14.1. The second-order valence-corrected chi connectivity index (χ2v) is 7.62. The molecule has 0 saturated carbocycles. The van der Waals surface area contributed by atoms with E-state index in [4.69, 9.17) is 4.74 Å². The van der Waals surface area contributed by atoms with E-state index in [0.29, 0.717) is 27.9 Å². The van der Waals surface area contributed by atoms with Crippen molar-refractivity contribution in [1.29, 1.82) is 0 Å². The Morgan fingerprint density at radius 3 is 2.21 bits per heavy atom. The lowest BCUT2D eigenvalue weighted by Gasteiger charge is -2.14. The van der Waals surface area contributed by atoms with Gasteiger partial charge in [0.15, 0.2) is 5.82 Å². The normalized spacial score (nSPS) is 10.5. The van der Waals surface area contributed by atoms with Crippen LogP contribution in [0, 0.1) is 0 Å². The SMILES string of the molecule is CNc1nc(-c2ccc(SC)cc2)nc(SC)c1C(=O)Nc1ccc(OC)cc1. The maximum atomic E-state index is 13.0. The van der Waals surface area contributed by atoms with Crippen LogP contribution in [-0.4, -0.2) is 42.5 Å². The van der Waals surface area contributed by atoms with Gasteiger partial charge in [0.1, 0.15) is 22.2 Å². The average molecular weight is 427 g/mol. The average Bonchev–Trinajstić information content (AvgIpc) is 2.78. The number of nitrogens with zero attached hydrogens (tertiary/aromatic N) is 2. The van der Waals surface area contributed by atoms with Gasteiger partial charge in [-0.2, -0.15) is 0 Å². The molecule has 1 amide bonds. The zero-order valence-electron chi connectivity index (χ0n) is 16.6. The Morgan fingerprint density at radius 2 is 1.66 bits per heavy atom. The van der Waals surface area contributed by atoms with Crippen molar-refractivity contribution < 1.29 is 9.53 Å². The summed E-state index contributed by atoms with van der Waals surface area (Å²) in [5.41, 5.74) is 1.98. The van der Waals surface area contributed by atoms with E-state index < -0.39 is 0 Å². The van der Waals surface area contributed by atoms with Crippen molar-refractivity contribution in [2.75, 3.05) is 37.3 Å². The zero-order chi connectivity index (χ0) is 20.8. The Bertz CT molecular complexity index is 968. The number of hydrogen-bond donors (Lipinski definition) is 2. The second-order valence-electron chi connectivity index (χ2n) is 5.94. The van der Waals surface area contributed by atoms with Crippen molar-refractivity contribution in [2.45, 2.75) is 9.92 Å². The molecule has 0 fully saturated rings. The summed E-state index contributed by atoms with van der Waals surface area (Å²) in [4.78, 5) is 23.4. The van der Waals surface area contributed by atoms with Gasteiger partial charge < -0.3 is 15.4 Å². The Morgan fingerprint density at radius 1 is 0.966 bits per heavy atom. The van der Waals surface area contributed by atoms with Gasteiger partial charge in [0.2, 0.25) is 0 Å². The standard InChI is InChI=1S/C21H22N4O2S2/c1-22-19-17(20(26)23-14-7-9-15(27-2)10-8-14)21(29-4)25-18(24-19)13-5-11-16(28-3)12-6-13/h5-12H,1-4H3,(H,23,26)(H,22,24,25). The number of methoxy groups -OCH3 is 1. The quantitative estimate of drug-likeness (QED) is 0.411. The number of thioether (sulfide) groups is 2. The molecular formula is C21H22N4O2S2. The Labute approximate surface area is 178 Å². The van der Waals surface area contributed by atoms with Gasteiger partial charge in [0, 0.05) is 23.2 Å². The first-order valence-electron chi connectivity index (χ1n) is 8.83. The molecule has 0 atom stereocenters. The molecule has 0 bridgehead atoms. The van der Waals surface area contributed by atoms with Crippen LogP contribution in [0.15, 0.2) is 58.5 Å². The summed E-state index contributed by atoms with van der Waals surface area (Å²) in [6, 6.07) is 15.2. The van der Waals surface area contributed by atoms with E-state index in [0.717, 1.165) is 11.3 Å². The number of carbonyl (C=O) groups is 1. The zero-order valence-corrected chi connectivity index (χ0v) is 18.3. The molecule has 29 heavy (non-hydrogen) atoms. The highest BCUT2D eigenvalue weighted by Crippen LogP contribution is 2.29. The number of ether oxygens (including phenoxy) is 1. The molecule has 8 heteroatoms.